The van der Waals surface area contributed by atoms with Gasteiger partial charge in [0.15, 0.2) is 0 Å². The Morgan fingerprint density at radius 3 is 2.79 bits per heavy atom. The molecule has 1 aliphatic carbocycles. The summed E-state index contributed by atoms with van der Waals surface area (Å²) in [6, 6.07) is 0.657. The molecular formula is C11H20N2O. The topological polar surface area (TPSA) is 32.3 Å². The number of hydrogen-bond donors (Lipinski definition) is 1. The lowest BCUT2D eigenvalue weighted by molar-refractivity contribution is -0.131. The summed E-state index contributed by atoms with van der Waals surface area (Å²) >= 11 is 0. The lowest BCUT2D eigenvalue weighted by Gasteiger charge is -2.19. The van der Waals surface area contributed by atoms with Gasteiger partial charge in [0, 0.05) is 25.6 Å². The van der Waals surface area contributed by atoms with Crippen LogP contribution in [-0.2, 0) is 4.79 Å². The van der Waals surface area contributed by atoms with Crippen molar-refractivity contribution in [3.05, 3.63) is 0 Å². The molecule has 3 nitrogen and oxygen atoms in total. The number of nitrogens with one attached hydrogen (secondary N) is 1. The minimum Gasteiger partial charge on any atom is -0.345 e. The van der Waals surface area contributed by atoms with Crippen LogP contribution in [0.2, 0.25) is 0 Å². The van der Waals surface area contributed by atoms with E-state index in [1.807, 2.05) is 11.9 Å². The molecule has 0 spiro atoms. The van der Waals surface area contributed by atoms with Crippen molar-refractivity contribution in [3.63, 3.8) is 0 Å². The van der Waals surface area contributed by atoms with Gasteiger partial charge in [-0.15, -0.1) is 0 Å². The van der Waals surface area contributed by atoms with Crippen LogP contribution in [-0.4, -0.2) is 37.0 Å². The molecule has 0 aromatic heterocycles. The van der Waals surface area contributed by atoms with Crippen LogP contribution in [0, 0.1) is 5.92 Å². The Labute approximate surface area is 85.8 Å². The molecule has 0 radical (unpaired) electrons. The molecule has 2 aliphatic rings. The highest BCUT2D eigenvalue weighted by atomic mass is 16.2. The maximum atomic E-state index is 11.6. The molecule has 1 saturated heterocycles. The van der Waals surface area contributed by atoms with E-state index in [1.165, 1.54) is 12.8 Å². The van der Waals surface area contributed by atoms with Crippen LogP contribution in [0.25, 0.3) is 0 Å². The first kappa shape index (κ1) is 9.97. The van der Waals surface area contributed by atoms with Gasteiger partial charge < -0.3 is 10.2 Å². The fraction of sp³-hybridized carbons (Fsp3) is 0.909. The number of nitrogens with zero attached hydrogens (tertiary/aromatic N) is 1. The maximum absolute atomic E-state index is 11.6. The van der Waals surface area contributed by atoms with Crippen molar-refractivity contribution in [1.29, 1.82) is 0 Å². The smallest absolute Gasteiger partial charge is 0.225 e. The summed E-state index contributed by atoms with van der Waals surface area (Å²) in [5.74, 6) is 0.736. The average Bonchev–Trinajstić information content (AvgIpc) is 2.91. The zero-order chi connectivity index (χ0) is 9.97. The highest BCUT2D eigenvalue weighted by Gasteiger charge is 2.32. The Kier molecular flexibility index (Phi) is 3.06. The second-order valence-electron chi connectivity index (χ2n) is 4.62. The van der Waals surface area contributed by atoms with Gasteiger partial charge in [-0.3, -0.25) is 4.79 Å². The monoisotopic (exact) mass is 196 g/mol. The molecule has 2 rings (SSSR count). The lowest BCUT2D eigenvalue weighted by atomic mass is 10.1. The minimum atomic E-state index is 0.364. The number of carbonyl (C=O) groups excluding carboxylic acids is 1. The largest absolute Gasteiger partial charge is 0.345 e. The van der Waals surface area contributed by atoms with Crippen molar-refractivity contribution < 1.29 is 4.79 Å². The van der Waals surface area contributed by atoms with Crippen LogP contribution < -0.4 is 5.32 Å². The van der Waals surface area contributed by atoms with Crippen LogP contribution >= 0.6 is 0 Å². The standard InChI is InChI=1S/C11H20N2O/c1-13(11(14)9-4-5-9)8-6-10-3-2-7-12-10/h9-10,12H,2-8H2,1H3. The highest BCUT2D eigenvalue weighted by molar-refractivity contribution is 5.80. The Hall–Kier alpha value is -0.570. The van der Waals surface area contributed by atoms with Gasteiger partial charge in [0.25, 0.3) is 0 Å². The molecule has 1 heterocycles. The molecule has 80 valence electrons. The third kappa shape index (κ3) is 2.47. The van der Waals surface area contributed by atoms with Crippen molar-refractivity contribution in [1.82, 2.24) is 10.2 Å². The summed E-state index contributed by atoms with van der Waals surface area (Å²) < 4.78 is 0. The van der Waals surface area contributed by atoms with E-state index < -0.39 is 0 Å². The molecule has 0 aromatic carbocycles. The van der Waals surface area contributed by atoms with Crippen LogP contribution in [0.1, 0.15) is 32.1 Å². The van der Waals surface area contributed by atoms with E-state index in [0.29, 0.717) is 17.9 Å². The van der Waals surface area contributed by atoms with E-state index >= 15 is 0 Å². The van der Waals surface area contributed by atoms with Crippen LogP contribution in [0.3, 0.4) is 0 Å². The van der Waals surface area contributed by atoms with Gasteiger partial charge in [-0.1, -0.05) is 0 Å². The van der Waals surface area contributed by atoms with Gasteiger partial charge in [0.05, 0.1) is 0 Å². The summed E-state index contributed by atoms with van der Waals surface area (Å²) in [7, 11) is 1.94. The normalized spacial score (nSPS) is 26.5. The molecule has 1 atom stereocenters. The van der Waals surface area contributed by atoms with E-state index in [0.717, 1.165) is 32.4 Å². The van der Waals surface area contributed by atoms with E-state index in [1.54, 1.807) is 0 Å². The fourth-order valence-corrected chi connectivity index (χ4v) is 2.10. The predicted molar refractivity (Wildman–Crippen MR) is 56.0 cm³/mol. The lowest BCUT2D eigenvalue weighted by Crippen LogP contribution is -2.33. The molecular weight excluding hydrogens is 176 g/mol. The predicted octanol–water partition coefficient (Wildman–Crippen LogP) is 0.997. The van der Waals surface area contributed by atoms with Gasteiger partial charge in [-0.2, -0.15) is 0 Å². The molecule has 1 aliphatic heterocycles. The Balaban J connectivity index is 1.65. The number of amides is 1. The molecule has 1 N–H and O–H groups in total. The summed E-state index contributed by atoms with van der Waals surface area (Å²) in [5, 5.41) is 3.46. The Bertz CT molecular complexity index is 207. The van der Waals surface area contributed by atoms with Crippen LogP contribution in [0.4, 0.5) is 0 Å². The third-order valence-electron chi connectivity index (χ3n) is 3.28. The number of carbonyl (C=O) groups is 1. The third-order valence-corrected chi connectivity index (χ3v) is 3.28. The quantitative estimate of drug-likeness (QED) is 0.727. The first-order valence-electron chi connectivity index (χ1n) is 5.76. The molecule has 1 unspecified atom stereocenters. The summed E-state index contributed by atoms with van der Waals surface area (Å²) in [6.07, 6.45) is 5.93. The zero-order valence-corrected chi connectivity index (χ0v) is 8.96. The average molecular weight is 196 g/mol. The van der Waals surface area contributed by atoms with Gasteiger partial charge in [-0.05, 0) is 38.6 Å². The van der Waals surface area contributed by atoms with Gasteiger partial charge in [-0.25, -0.2) is 0 Å². The van der Waals surface area contributed by atoms with E-state index in [-0.39, 0.29) is 0 Å². The van der Waals surface area contributed by atoms with Crippen LogP contribution in [0.15, 0.2) is 0 Å². The number of hydrogen-bond acceptors (Lipinski definition) is 2. The van der Waals surface area contributed by atoms with Crippen LogP contribution in [0.5, 0.6) is 0 Å². The SMILES string of the molecule is CN(CCC1CCCN1)C(=O)C1CC1. The minimum absolute atomic E-state index is 0.364. The first-order valence-corrected chi connectivity index (χ1v) is 5.76. The Morgan fingerprint density at radius 1 is 1.43 bits per heavy atom. The van der Waals surface area contributed by atoms with E-state index in [9.17, 15) is 4.79 Å². The van der Waals surface area contributed by atoms with Crippen molar-refractivity contribution >= 4 is 5.91 Å². The molecule has 1 saturated carbocycles. The summed E-state index contributed by atoms with van der Waals surface area (Å²) in [4.78, 5) is 13.5. The number of rotatable bonds is 4. The van der Waals surface area contributed by atoms with Crippen molar-refractivity contribution in [3.8, 4) is 0 Å². The van der Waals surface area contributed by atoms with Gasteiger partial charge >= 0.3 is 0 Å². The highest BCUT2D eigenvalue weighted by Crippen LogP contribution is 2.30. The van der Waals surface area contributed by atoms with E-state index in [2.05, 4.69) is 5.32 Å². The van der Waals surface area contributed by atoms with E-state index in [4.69, 9.17) is 0 Å². The Morgan fingerprint density at radius 2 is 2.21 bits per heavy atom. The van der Waals surface area contributed by atoms with Crippen molar-refractivity contribution in [2.24, 2.45) is 5.92 Å². The summed E-state index contributed by atoms with van der Waals surface area (Å²) in [5.41, 5.74) is 0. The maximum Gasteiger partial charge on any atom is 0.225 e. The van der Waals surface area contributed by atoms with Crippen molar-refractivity contribution in [2.45, 2.75) is 38.1 Å². The van der Waals surface area contributed by atoms with Gasteiger partial charge in [0.1, 0.15) is 0 Å². The molecule has 0 aromatic rings. The second kappa shape index (κ2) is 4.30. The molecule has 14 heavy (non-hydrogen) atoms. The molecule has 3 heteroatoms. The second-order valence-corrected chi connectivity index (χ2v) is 4.62. The zero-order valence-electron chi connectivity index (χ0n) is 8.96. The van der Waals surface area contributed by atoms with Gasteiger partial charge in [0.2, 0.25) is 5.91 Å². The molecule has 1 amide bonds. The van der Waals surface area contributed by atoms with Crippen molar-refractivity contribution in [2.75, 3.05) is 20.1 Å². The summed E-state index contributed by atoms with van der Waals surface area (Å²) in [6.45, 7) is 2.08. The fourth-order valence-electron chi connectivity index (χ4n) is 2.10. The molecule has 0 bridgehead atoms. The first-order chi connectivity index (χ1) is 6.77. The molecule has 2 fully saturated rings.